The summed E-state index contributed by atoms with van der Waals surface area (Å²) in [6.45, 7) is 8.72. The van der Waals surface area contributed by atoms with Gasteiger partial charge < -0.3 is 37.5 Å². The number of allylic oxidation sites excluding steroid dienone is 4. The van der Waals surface area contributed by atoms with E-state index in [2.05, 4.69) is 57.3 Å². The fraction of sp³-hybridized carbons (Fsp3) is 0.344. The van der Waals surface area contributed by atoms with Crippen LogP contribution in [0.15, 0.2) is 90.4 Å². The zero-order valence-corrected chi connectivity index (χ0v) is 25.6. The van der Waals surface area contributed by atoms with Crippen LogP contribution < -0.4 is 32.6 Å². The molecule has 1 aliphatic rings. The number of nitrogens with one attached hydrogen (secondary N) is 2. The summed E-state index contributed by atoms with van der Waals surface area (Å²) in [5, 5.41) is 6.23. The van der Waals surface area contributed by atoms with Crippen LogP contribution in [0.1, 0.15) is 37.1 Å². The van der Waals surface area contributed by atoms with Crippen molar-refractivity contribution < 1.29 is 13.5 Å². The van der Waals surface area contributed by atoms with Crippen LogP contribution in [0.25, 0.3) is 5.57 Å². The smallest absolute Gasteiger partial charge is 0.272 e. The Kier molecular flexibility index (Phi) is 11.2. The molecule has 0 amide bonds. The van der Waals surface area contributed by atoms with Crippen molar-refractivity contribution in [2.75, 3.05) is 39.6 Å². The van der Waals surface area contributed by atoms with Crippen LogP contribution in [0.2, 0.25) is 0 Å². The Bertz CT molecular complexity index is 1400. The molecule has 11 heteroatoms. The molecule has 43 heavy (non-hydrogen) atoms. The number of ether oxygens (including phenoxy) is 1. The number of likely N-dealkylation sites (tertiary alicyclic amines) is 1. The van der Waals surface area contributed by atoms with Gasteiger partial charge in [0.2, 0.25) is 0 Å². The lowest BCUT2D eigenvalue weighted by Gasteiger charge is -2.44. The molecule has 2 heterocycles. The molecule has 0 radical (unpaired) electrons. The molecule has 1 aliphatic heterocycles. The second-order valence-electron chi connectivity index (χ2n) is 10.5. The first-order valence-electron chi connectivity index (χ1n) is 14.1. The number of methoxy groups -OCH3 is 1. The molecule has 0 atom stereocenters. The fourth-order valence-electron chi connectivity index (χ4n) is 4.75. The predicted octanol–water partition coefficient (Wildman–Crippen LogP) is 4.40. The summed E-state index contributed by atoms with van der Waals surface area (Å²) in [6.07, 6.45) is 10.2. The number of nitrogens with zero attached hydrogens (tertiary/aromatic N) is 3. The van der Waals surface area contributed by atoms with Crippen LogP contribution in [-0.4, -0.2) is 55.1 Å². The average Bonchev–Trinajstić information content (AvgIpc) is 2.94. The maximum absolute atomic E-state index is 14.1. The van der Waals surface area contributed by atoms with Crippen molar-refractivity contribution in [1.82, 2.24) is 20.1 Å². The van der Waals surface area contributed by atoms with Gasteiger partial charge in [-0.15, -0.1) is 0 Å². The first-order valence-corrected chi connectivity index (χ1v) is 14.1. The van der Waals surface area contributed by atoms with E-state index in [-0.39, 0.29) is 17.4 Å². The maximum atomic E-state index is 14.1. The molecule has 232 valence electrons. The van der Waals surface area contributed by atoms with E-state index in [0.717, 1.165) is 37.6 Å². The molecular weight excluding hydrogens is 550 g/mol. The number of hydrogen-bond donors (Lipinski definition) is 5. The number of likely N-dealkylation sites (N-methyl/N-ethyl adjacent to an activating group) is 2. The largest absolute Gasteiger partial charge is 0.494 e. The van der Waals surface area contributed by atoms with E-state index in [1.807, 2.05) is 25.2 Å². The fourth-order valence-corrected chi connectivity index (χ4v) is 4.75. The lowest BCUT2D eigenvalue weighted by atomic mass is 10.0. The van der Waals surface area contributed by atoms with Gasteiger partial charge in [0.25, 0.3) is 5.92 Å². The van der Waals surface area contributed by atoms with Crippen LogP contribution in [0.4, 0.5) is 14.5 Å². The van der Waals surface area contributed by atoms with Crippen molar-refractivity contribution >= 4 is 11.3 Å². The lowest BCUT2D eigenvalue weighted by Crippen LogP contribution is -2.56. The number of benzene rings is 1. The zero-order chi connectivity index (χ0) is 31.7. The van der Waals surface area contributed by atoms with E-state index >= 15 is 0 Å². The second kappa shape index (κ2) is 14.6. The van der Waals surface area contributed by atoms with Gasteiger partial charge in [-0.3, -0.25) is 9.88 Å². The molecule has 0 aliphatic carbocycles. The molecule has 0 bridgehead atoms. The highest BCUT2D eigenvalue weighted by Crippen LogP contribution is 2.36. The van der Waals surface area contributed by atoms with Gasteiger partial charge in [0, 0.05) is 75.8 Å². The van der Waals surface area contributed by atoms with Gasteiger partial charge in [-0.1, -0.05) is 37.8 Å². The zero-order valence-electron chi connectivity index (χ0n) is 25.6. The maximum Gasteiger partial charge on any atom is 0.272 e. The summed E-state index contributed by atoms with van der Waals surface area (Å²) in [4.78, 5) is 8.50. The average molecular weight is 595 g/mol. The topological polar surface area (TPSA) is 131 Å². The van der Waals surface area contributed by atoms with Gasteiger partial charge in [0.05, 0.1) is 47.4 Å². The van der Waals surface area contributed by atoms with Crippen LogP contribution in [-0.2, 0) is 12.5 Å². The van der Waals surface area contributed by atoms with Gasteiger partial charge >= 0.3 is 0 Å². The first-order chi connectivity index (χ1) is 20.4. The van der Waals surface area contributed by atoms with Crippen LogP contribution in [0.5, 0.6) is 5.75 Å². The van der Waals surface area contributed by atoms with E-state index < -0.39 is 5.92 Å². The van der Waals surface area contributed by atoms with Crippen molar-refractivity contribution in [2.45, 2.75) is 38.8 Å². The SMILES string of the molecule is C=C(NC)/C(N)=C(/C=C(N)N)Nc1cccc(C(/C=C\CC)=C/N(C)C2CN(Cc3ncccc3C(C)(F)F)C2)c1OC. The second-order valence-corrected chi connectivity index (χ2v) is 10.5. The van der Waals surface area contributed by atoms with Crippen LogP contribution in [0.3, 0.4) is 0 Å². The van der Waals surface area contributed by atoms with E-state index in [9.17, 15) is 8.78 Å². The molecule has 3 rings (SSSR count). The molecule has 1 fully saturated rings. The number of nitrogens with two attached hydrogens (primary N) is 3. The number of hydrogen-bond acceptors (Lipinski definition) is 9. The Morgan fingerprint density at radius 2 is 1.95 bits per heavy atom. The highest BCUT2D eigenvalue weighted by molar-refractivity contribution is 5.82. The summed E-state index contributed by atoms with van der Waals surface area (Å²) < 4.78 is 34.1. The number of para-hydroxylation sites is 1. The number of alkyl halides is 2. The Morgan fingerprint density at radius 3 is 2.56 bits per heavy atom. The minimum atomic E-state index is -2.94. The quantitative estimate of drug-likeness (QED) is 0.202. The standard InChI is InChI=1S/C32H44F2N8O/c1-7-8-11-22(17-41(5)23-18-42(19-23)20-28-25(32(3,33)34)13-10-15-39-28)24-12-9-14-26(31(24)43-6)40-27(16-29(35)36)30(37)21(2)38-4/h8-17,23,38,40H,2,7,18-20,35-37H2,1,3-6H3/b11-8-,22-17+,30-27+. The van der Waals surface area contributed by atoms with Crippen molar-refractivity contribution in [2.24, 2.45) is 17.2 Å². The summed E-state index contributed by atoms with van der Waals surface area (Å²) >= 11 is 0. The van der Waals surface area contributed by atoms with Gasteiger partial charge in [-0.25, -0.2) is 8.78 Å². The molecule has 2 aromatic rings. The normalized spacial score (nSPS) is 15.0. The molecular formula is C32H44F2N8O. The molecule has 9 nitrogen and oxygen atoms in total. The summed E-state index contributed by atoms with van der Waals surface area (Å²) in [5.41, 5.74) is 22.0. The van der Waals surface area contributed by atoms with E-state index in [1.54, 1.807) is 26.4 Å². The Labute approximate surface area is 253 Å². The molecule has 0 unspecified atom stereocenters. The minimum Gasteiger partial charge on any atom is -0.494 e. The van der Waals surface area contributed by atoms with Gasteiger partial charge in [-0.2, -0.15) is 0 Å². The van der Waals surface area contributed by atoms with Crippen molar-refractivity contribution in [1.29, 1.82) is 0 Å². The van der Waals surface area contributed by atoms with Crippen molar-refractivity contribution in [3.05, 3.63) is 107 Å². The summed E-state index contributed by atoms with van der Waals surface area (Å²) in [7, 11) is 5.34. The molecule has 0 saturated carbocycles. The third-order valence-electron chi connectivity index (χ3n) is 7.15. The third kappa shape index (κ3) is 8.51. The molecule has 1 aromatic carbocycles. The minimum absolute atomic E-state index is 0.0288. The van der Waals surface area contributed by atoms with Gasteiger partial charge in [0.1, 0.15) is 5.75 Å². The molecule has 1 aromatic heterocycles. The number of aromatic nitrogens is 1. The molecule has 0 spiro atoms. The van der Waals surface area contributed by atoms with Crippen molar-refractivity contribution in [3.63, 3.8) is 0 Å². The Morgan fingerprint density at radius 1 is 1.23 bits per heavy atom. The number of pyridine rings is 1. The van der Waals surface area contributed by atoms with E-state index in [0.29, 0.717) is 40.8 Å². The number of anilines is 1. The van der Waals surface area contributed by atoms with Gasteiger partial charge in [0.15, 0.2) is 0 Å². The highest BCUT2D eigenvalue weighted by atomic mass is 19.3. The first kappa shape index (κ1) is 33.0. The third-order valence-corrected chi connectivity index (χ3v) is 7.15. The van der Waals surface area contributed by atoms with Crippen LogP contribution >= 0.6 is 0 Å². The number of halogens is 2. The Balaban J connectivity index is 1.88. The van der Waals surface area contributed by atoms with Crippen molar-refractivity contribution in [3.8, 4) is 5.75 Å². The monoisotopic (exact) mass is 594 g/mol. The summed E-state index contributed by atoms with van der Waals surface area (Å²) in [5.74, 6) is -2.26. The predicted molar refractivity (Wildman–Crippen MR) is 171 cm³/mol. The van der Waals surface area contributed by atoms with Gasteiger partial charge in [-0.05, 0) is 24.6 Å². The summed E-state index contributed by atoms with van der Waals surface area (Å²) in [6, 6.07) is 8.97. The number of rotatable bonds is 14. The van der Waals surface area contributed by atoms with Crippen LogP contribution in [0, 0.1) is 0 Å². The molecule has 1 saturated heterocycles. The lowest BCUT2D eigenvalue weighted by molar-refractivity contribution is 0.0131. The van der Waals surface area contributed by atoms with E-state index in [1.165, 1.54) is 12.1 Å². The highest BCUT2D eigenvalue weighted by Gasteiger charge is 2.33. The Hall–Kier alpha value is -4.51. The molecule has 8 N–H and O–H groups in total. The van der Waals surface area contributed by atoms with E-state index in [4.69, 9.17) is 21.9 Å².